The number of nitrogens with one attached hydrogen (secondary N) is 1. The van der Waals surface area contributed by atoms with Gasteiger partial charge in [0.15, 0.2) is 5.78 Å². The lowest BCUT2D eigenvalue weighted by Crippen LogP contribution is -2.14. The zero-order valence-electron chi connectivity index (χ0n) is 5.88. The van der Waals surface area contributed by atoms with Crippen molar-refractivity contribution in [3.05, 3.63) is 35.9 Å². The van der Waals surface area contributed by atoms with Crippen LogP contribution in [0.5, 0.6) is 0 Å². The molecule has 0 spiro atoms. The van der Waals surface area contributed by atoms with Gasteiger partial charge < -0.3 is 0 Å². The molecule has 0 radical (unpaired) electrons. The Labute approximate surface area is 64.0 Å². The van der Waals surface area contributed by atoms with Gasteiger partial charge in [-0.25, -0.2) is 0 Å². The van der Waals surface area contributed by atoms with E-state index in [-0.39, 0.29) is 12.3 Å². The van der Waals surface area contributed by atoms with E-state index < -0.39 is 0 Å². The highest BCUT2D eigenvalue weighted by Crippen LogP contribution is 1.98. The minimum Gasteiger partial charge on any atom is -0.293 e. The Balaban J connectivity index is 2.69. The van der Waals surface area contributed by atoms with Gasteiger partial charge in [-0.1, -0.05) is 30.3 Å². The van der Waals surface area contributed by atoms with E-state index in [1.165, 1.54) is 5.54 Å². The summed E-state index contributed by atoms with van der Waals surface area (Å²) in [5.74, 6) is -0.242. The average molecular weight is 153 g/mol. The molecule has 0 aliphatic carbocycles. The van der Waals surface area contributed by atoms with Crippen molar-refractivity contribution < 1.29 is 9.28 Å². The molecule has 0 heterocycles. The normalized spacial score (nSPS) is 9.55. The number of halogens is 1. The maximum atomic E-state index is 11.5. The van der Waals surface area contributed by atoms with E-state index in [1.807, 2.05) is 0 Å². The molecule has 0 fully saturated rings. The molecule has 1 aromatic rings. The second-order valence-corrected chi connectivity index (χ2v) is 2.10. The number of carbonyl (C=O) groups excluding carboxylic acids is 1. The Bertz CT molecular complexity index is 235. The van der Waals surface area contributed by atoms with Crippen LogP contribution in [-0.4, -0.2) is 12.3 Å². The summed E-state index contributed by atoms with van der Waals surface area (Å²) in [7, 11) is 0. The molecular weight excluding hydrogens is 145 g/mol. The number of benzene rings is 1. The van der Waals surface area contributed by atoms with Crippen LogP contribution < -0.4 is 5.54 Å². The zero-order chi connectivity index (χ0) is 8.10. The molecule has 0 unspecified atom stereocenters. The zero-order valence-corrected chi connectivity index (χ0v) is 5.88. The molecule has 0 saturated heterocycles. The molecule has 1 N–H and O–H groups in total. The molecule has 0 aliphatic rings. The molecule has 58 valence electrons. The lowest BCUT2D eigenvalue weighted by molar-refractivity contribution is 0.0967. The summed E-state index contributed by atoms with van der Waals surface area (Å²) in [5.41, 5.74) is 1.84. The predicted octanol–water partition coefficient (Wildman–Crippen LogP) is 1.34. The lowest BCUT2D eigenvalue weighted by Gasteiger charge is -1.95. The van der Waals surface area contributed by atoms with E-state index in [0.29, 0.717) is 5.56 Å². The van der Waals surface area contributed by atoms with Crippen molar-refractivity contribution >= 4 is 5.78 Å². The van der Waals surface area contributed by atoms with E-state index in [2.05, 4.69) is 0 Å². The summed E-state index contributed by atoms with van der Waals surface area (Å²) in [6.07, 6.45) is 0. The van der Waals surface area contributed by atoms with E-state index >= 15 is 0 Å². The van der Waals surface area contributed by atoms with Gasteiger partial charge in [0.05, 0.1) is 6.54 Å². The molecule has 0 aliphatic heterocycles. The van der Waals surface area contributed by atoms with Crippen molar-refractivity contribution in [2.45, 2.75) is 0 Å². The fraction of sp³-hybridized carbons (Fsp3) is 0.125. The molecule has 0 aromatic heterocycles. The van der Waals surface area contributed by atoms with Crippen molar-refractivity contribution in [2.24, 2.45) is 0 Å². The Kier molecular flexibility index (Phi) is 2.74. The molecule has 0 amide bonds. The van der Waals surface area contributed by atoms with Gasteiger partial charge in [0.1, 0.15) is 0 Å². The first-order valence-electron chi connectivity index (χ1n) is 3.26. The molecule has 3 heteroatoms. The van der Waals surface area contributed by atoms with E-state index in [4.69, 9.17) is 0 Å². The van der Waals surface area contributed by atoms with Crippen LogP contribution in [0.1, 0.15) is 10.4 Å². The van der Waals surface area contributed by atoms with Gasteiger partial charge in [0, 0.05) is 5.56 Å². The van der Waals surface area contributed by atoms with Gasteiger partial charge in [-0.15, -0.1) is 4.48 Å². The first-order chi connectivity index (χ1) is 5.34. The van der Waals surface area contributed by atoms with Gasteiger partial charge in [0.25, 0.3) is 0 Å². The number of carbonyl (C=O) groups is 1. The summed E-state index contributed by atoms with van der Waals surface area (Å²) in [5, 5.41) is 0. The summed E-state index contributed by atoms with van der Waals surface area (Å²) in [6.45, 7) is -0.260. The molecular formula is C8H8FNO. The van der Waals surface area contributed by atoms with Gasteiger partial charge in [-0.05, 0) is 0 Å². The summed E-state index contributed by atoms with van der Waals surface area (Å²) < 4.78 is 11.5. The number of hydrogen-bond donors (Lipinski definition) is 1. The Morgan fingerprint density at radius 3 is 2.55 bits per heavy atom. The van der Waals surface area contributed by atoms with Crippen molar-refractivity contribution in [1.82, 2.24) is 5.54 Å². The van der Waals surface area contributed by atoms with Crippen LogP contribution in [0.15, 0.2) is 30.3 Å². The van der Waals surface area contributed by atoms with Crippen LogP contribution in [0.2, 0.25) is 0 Å². The monoisotopic (exact) mass is 153 g/mol. The van der Waals surface area contributed by atoms with E-state index in [1.54, 1.807) is 30.3 Å². The van der Waals surface area contributed by atoms with Crippen molar-refractivity contribution in [2.75, 3.05) is 6.54 Å². The molecule has 0 bridgehead atoms. The average Bonchev–Trinajstić information content (AvgIpc) is 2.07. The fourth-order valence-corrected chi connectivity index (χ4v) is 0.787. The molecule has 11 heavy (non-hydrogen) atoms. The maximum Gasteiger partial charge on any atom is 0.179 e. The first kappa shape index (κ1) is 7.88. The third-order valence-electron chi connectivity index (χ3n) is 1.32. The number of hydrogen-bond acceptors (Lipinski definition) is 2. The van der Waals surface area contributed by atoms with Crippen LogP contribution in [0, 0.1) is 0 Å². The second kappa shape index (κ2) is 3.83. The van der Waals surface area contributed by atoms with Crippen LogP contribution in [0.4, 0.5) is 4.48 Å². The lowest BCUT2D eigenvalue weighted by atomic mass is 10.1. The van der Waals surface area contributed by atoms with E-state index in [9.17, 15) is 9.28 Å². The minimum absolute atomic E-state index is 0.242. The molecule has 1 aromatic carbocycles. The van der Waals surface area contributed by atoms with Crippen LogP contribution in [-0.2, 0) is 0 Å². The Hall–Kier alpha value is -1.22. The van der Waals surface area contributed by atoms with Crippen molar-refractivity contribution in [3.63, 3.8) is 0 Å². The number of rotatable bonds is 3. The minimum atomic E-state index is -0.260. The third-order valence-corrected chi connectivity index (χ3v) is 1.32. The number of Topliss-reactive ketones (excluding diaryl/α,β-unsaturated/α-hetero) is 1. The molecule has 2 nitrogen and oxygen atoms in total. The molecule has 0 saturated carbocycles. The Morgan fingerprint density at radius 1 is 1.36 bits per heavy atom. The van der Waals surface area contributed by atoms with Gasteiger partial charge in [-0.2, -0.15) is 5.54 Å². The quantitative estimate of drug-likeness (QED) is 0.524. The van der Waals surface area contributed by atoms with Gasteiger partial charge in [-0.3, -0.25) is 4.79 Å². The SMILES string of the molecule is O=C(CNF)c1ccccc1. The fourth-order valence-electron chi connectivity index (χ4n) is 0.787. The highest BCUT2D eigenvalue weighted by Gasteiger charge is 2.02. The third kappa shape index (κ3) is 2.13. The molecule has 0 atom stereocenters. The predicted molar refractivity (Wildman–Crippen MR) is 39.9 cm³/mol. The second-order valence-electron chi connectivity index (χ2n) is 2.10. The summed E-state index contributed by atoms with van der Waals surface area (Å²) >= 11 is 0. The first-order valence-corrected chi connectivity index (χ1v) is 3.26. The maximum absolute atomic E-state index is 11.5. The number of ketones is 1. The standard InChI is InChI=1S/C8H8FNO/c9-10-6-8(11)7-4-2-1-3-5-7/h1-5,10H,6H2. The van der Waals surface area contributed by atoms with E-state index in [0.717, 1.165) is 0 Å². The van der Waals surface area contributed by atoms with Crippen molar-refractivity contribution in [3.8, 4) is 0 Å². The smallest absolute Gasteiger partial charge is 0.179 e. The van der Waals surface area contributed by atoms with Crippen LogP contribution in [0.3, 0.4) is 0 Å². The highest BCUT2D eigenvalue weighted by molar-refractivity contribution is 5.97. The molecule has 1 rings (SSSR count). The summed E-state index contributed by atoms with van der Waals surface area (Å²) in [6, 6.07) is 8.59. The van der Waals surface area contributed by atoms with Crippen LogP contribution >= 0.6 is 0 Å². The van der Waals surface area contributed by atoms with Crippen molar-refractivity contribution in [1.29, 1.82) is 0 Å². The summed E-state index contributed by atoms with van der Waals surface area (Å²) in [4.78, 5) is 10.9. The Morgan fingerprint density at radius 2 is 2.00 bits per heavy atom. The van der Waals surface area contributed by atoms with Gasteiger partial charge in [0.2, 0.25) is 0 Å². The topological polar surface area (TPSA) is 29.1 Å². The van der Waals surface area contributed by atoms with Crippen LogP contribution in [0.25, 0.3) is 0 Å². The van der Waals surface area contributed by atoms with Gasteiger partial charge >= 0.3 is 0 Å². The highest BCUT2D eigenvalue weighted by atomic mass is 19.2. The largest absolute Gasteiger partial charge is 0.293 e.